The Kier molecular flexibility index (Phi) is 4.93. The van der Waals surface area contributed by atoms with Gasteiger partial charge in [0.1, 0.15) is 0 Å². The Balaban J connectivity index is 4.11. The van der Waals surface area contributed by atoms with Crippen LogP contribution in [0.25, 0.3) is 0 Å². The van der Waals surface area contributed by atoms with Gasteiger partial charge in [0.2, 0.25) is 0 Å². The van der Waals surface area contributed by atoms with E-state index in [1.165, 1.54) is 0 Å². The molecule has 0 saturated carbocycles. The zero-order valence-electron chi connectivity index (χ0n) is 10.0. The van der Waals surface area contributed by atoms with E-state index in [1.54, 1.807) is 0 Å². The van der Waals surface area contributed by atoms with Crippen molar-refractivity contribution in [2.24, 2.45) is 0 Å². The van der Waals surface area contributed by atoms with Gasteiger partial charge in [0.05, 0.1) is 11.2 Å². The van der Waals surface area contributed by atoms with Crippen molar-refractivity contribution in [2.45, 2.75) is 59.2 Å². The van der Waals surface area contributed by atoms with Crippen molar-refractivity contribution in [1.82, 2.24) is 5.32 Å². The van der Waals surface area contributed by atoms with E-state index in [-0.39, 0.29) is 11.2 Å². The zero-order valence-corrected chi connectivity index (χ0v) is 10.0. The lowest BCUT2D eigenvalue weighted by Gasteiger charge is -2.36. The molecule has 0 radical (unpaired) electrons. The maximum absolute atomic E-state index is 6.01. The van der Waals surface area contributed by atoms with Crippen LogP contribution in [0.15, 0.2) is 0 Å². The van der Waals surface area contributed by atoms with Crippen LogP contribution in [0.5, 0.6) is 0 Å². The third kappa shape index (κ3) is 6.05. The third-order valence-corrected chi connectivity index (χ3v) is 2.05. The fourth-order valence-electron chi connectivity index (χ4n) is 1.36. The fourth-order valence-corrected chi connectivity index (χ4v) is 1.36. The summed E-state index contributed by atoms with van der Waals surface area (Å²) in [6.07, 6.45) is 1.04. The van der Waals surface area contributed by atoms with E-state index in [4.69, 9.17) is 4.74 Å². The molecule has 0 amide bonds. The van der Waals surface area contributed by atoms with Crippen molar-refractivity contribution in [2.75, 3.05) is 13.1 Å². The van der Waals surface area contributed by atoms with E-state index in [2.05, 4.69) is 46.9 Å². The Morgan fingerprint density at radius 3 is 1.92 bits per heavy atom. The molecular weight excluding hydrogens is 162 g/mol. The van der Waals surface area contributed by atoms with Crippen molar-refractivity contribution < 1.29 is 4.74 Å². The first-order chi connectivity index (χ1) is 5.83. The van der Waals surface area contributed by atoms with Gasteiger partial charge in [0.15, 0.2) is 0 Å². The topological polar surface area (TPSA) is 21.3 Å². The summed E-state index contributed by atoms with van der Waals surface area (Å²) >= 11 is 0. The third-order valence-electron chi connectivity index (χ3n) is 2.05. The van der Waals surface area contributed by atoms with Gasteiger partial charge in [-0.2, -0.15) is 0 Å². The monoisotopic (exact) mass is 187 g/mol. The second-order valence-corrected chi connectivity index (χ2v) is 4.80. The fraction of sp³-hybridized carbons (Fsp3) is 1.00. The predicted molar refractivity (Wildman–Crippen MR) is 58.1 cm³/mol. The predicted octanol–water partition coefficient (Wildman–Crippen LogP) is 2.58. The molecule has 0 heterocycles. The molecule has 0 bridgehead atoms. The molecule has 0 spiro atoms. The standard InChI is InChI=1S/C11H25NO/c1-7-11(6,9-12-8-2)13-10(3,4)5/h12H,7-9H2,1-6H3. The van der Waals surface area contributed by atoms with Gasteiger partial charge < -0.3 is 10.1 Å². The highest BCUT2D eigenvalue weighted by atomic mass is 16.5. The Hall–Kier alpha value is -0.0800. The maximum atomic E-state index is 6.01. The van der Waals surface area contributed by atoms with Crippen molar-refractivity contribution in [3.8, 4) is 0 Å². The van der Waals surface area contributed by atoms with Crippen LogP contribution in [0.1, 0.15) is 48.0 Å². The molecule has 0 rings (SSSR count). The average molecular weight is 187 g/mol. The minimum atomic E-state index is -0.0554. The molecule has 0 aromatic rings. The summed E-state index contributed by atoms with van der Waals surface area (Å²) in [5.74, 6) is 0. The summed E-state index contributed by atoms with van der Waals surface area (Å²) in [7, 11) is 0. The summed E-state index contributed by atoms with van der Waals surface area (Å²) in [5, 5.41) is 3.34. The van der Waals surface area contributed by atoms with Gasteiger partial charge in [-0.15, -0.1) is 0 Å². The van der Waals surface area contributed by atoms with Crippen LogP contribution in [0.2, 0.25) is 0 Å². The summed E-state index contributed by atoms with van der Waals surface area (Å²) in [4.78, 5) is 0. The van der Waals surface area contributed by atoms with E-state index < -0.39 is 0 Å². The van der Waals surface area contributed by atoms with E-state index in [0.29, 0.717) is 0 Å². The summed E-state index contributed by atoms with van der Waals surface area (Å²) in [5.41, 5.74) is -0.0888. The van der Waals surface area contributed by atoms with Gasteiger partial charge >= 0.3 is 0 Å². The van der Waals surface area contributed by atoms with Crippen molar-refractivity contribution in [3.05, 3.63) is 0 Å². The Bertz CT molecular complexity index is 140. The highest BCUT2D eigenvalue weighted by Gasteiger charge is 2.28. The first-order valence-corrected chi connectivity index (χ1v) is 5.24. The van der Waals surface area contributed by atoms with Gasteiger partial charge in [-0.3, -0.25) is 0 Å². The minimum absolute atomic E-state index is 0.0335. The first kappa shape index (κ1) is 12.9. The number of nitrogens with one attached hydrogen (secondary N) is 1. The van der Waals surface area contributed by atoms with Gasteiger partial charge in [0.25, 0.3) is 0 Å². The summed E-state index contributed by atoms with van der Waals surface area (Å²) < 4.78 is 6.01. The Morgan fingerprint density at radius 1 is 1.08 bits per heavy atom. The van der Waals surface area contributed by atoms with Crippen molar-refractivity contribution >= 4 is 0 Å². The van der Waals surface area contributed by atoms with Gasteiger partial charge in [0, 0.05) is 6.54 Å². The van der Waals surface area contributed by atoms with Gasteiger partial charge in [-0.25, -0.2) is 0 Å². The molecule has 0 aromatic heterocycles. The van der Waals surface area contributed by atoms with E-state index in [9.17, 15) is 0 Å². The van der Waals surface area contributed by atoms with Crippen molar-refractivity contribution in [3.63, 3.8) is 0 Å². The quantitative estimate of drug-likeness (QED) is 0.714. The highest BCUT2D eigenvalue weighted by molar-refractivity contribution is 4.79. The SMILES string of the molecule is CCNCC(C)(CC)OC(C)(C)C. The molecule has 0 saturated heterocycles. The minimum Gasteiger partial charge on any atom is -0.368 e. The van der Waals surface area contributed by atoms with Crippen LogP contribution in [0.4, 0.5) is 0 Å². The van der Waals surface area contributed by atoms with Gasteiger partial charge in [-0.1, -0.05) is 13.8 Å². The Morgan fingerprint density at radius 2 is 1.62 bits per heavy atom. The second-order valence-electron chi connectivity index (χ2n) is 4.80. The molecule has 0 aliphatic rings. The molecule has 0 aromatic carbocycles. The molecule has 0 aliphatic heterocycles. The Labute approximate surface area is 83.1 Å². The molecule has 1 unspecified atom stereocenters. The maximum Gasteiger partial charge on any atom is 0.0782 e. The molecule has 0 fully saturated rings. The highest BCUT2D eigenvalue weighted by Crippen LogP contribution is 2.22. The van der Waals surface area contributed by atoms with Crippen molar-refractivity contribution in [1.29, 1.82) is 0 Å². The average Bonchev–Trinajstić information content (AvgIpc) is 1.98. The zero-order chi connectivity index (χ0) is 10.5. The summed E-state index contributed by atoms with van der Waals surface area (Å²) in [6.45, 7) is 14.7. The molecule has 13 heavy (non-hydrogen) atoms. The molecule has 2 heteroatoms. The lowest BCUT2D eigenvalue weighted by molar-refractivity contribution is -0.122. The van der Waals surface area contributed by atoms with E-state index in [1.807, 2.05) is 0 Å². The molecule has 1 atom stereocenters. The van der Waals surface area contributed by atoms with Crippen LogP contribution in [0, 0.1) is 0 Å². The number of rotatable bonds is 5. The van der Waals surface area contributed by atoms with E-state index in [0.717, 1.165) is 19.5 Å². The van der Waals surface area contributed by atoms with Gasteiger partial charge in [-0.05, 0) is 40.7 Å². The lowest BCUT2D eigenvalue weighted by atomic mass is 10.0. The molecular formula is C11H25NO. The smallest absolute Gasteiger partial charge is 0.0782 e. The molecule has 1 N–H and O–H groups in total. The lowest BCUT2D eigenvalue weighted by Crippen LogP contribution is -2.44. The normalized spacial score (nSPS) is 17.1. The van der Waals surface area contributed by atoms with Crippen LogP contribution in [-0.2, 0) is 4.74 Å². The second kappa shape index (κ2) is 4.97. The number of hydrogen-bond acceptors (Lipinski definition) is 2. The van der Waals surface area contributed by atoms with Crippen LogP contribution < -0.4 is 5.32 Å². The van der Waals surface area contributed by atoms with Crippen LogP contribution >= 0.6 is 0 Å². The number of ether oxygens (including phenoxy) is 1. The number of likely N-dealkylation sites (N-methyl/N-ethyl adjacent to an activating group) is 1. The summed E-state index contributed by atoms with van der Waals surface area (Å²) in [6, 6.07) is 0. The van der Waals surface area contributed by atoms with E-state index >= 15 is 0 Å². The molecule has 2 nitrogen and oxygen atoms in total. The molecule has 0 aliphatic carbocycles. The van der Waals surface area contributed by atoms with Crippen LogP contribution in [-0.4, -0.2) is 24.3 Å². The number of hydrogen-bond donors (Lipinski definition) is 1. The molecule has 80 valence electrons. The first-order valence-electron chi connectivity index (χ1n) is 5.24. The largest absolute Gasteiger partial charge is 0.368 e. The van der Waals surface area contributed by atoms with Crippen LogP contribution in [0.3, 0.4) is 0 Å².